The molecule has 0 unspecified atom stereocenters. The van der Waals surface area contributed by atoms with Crippen LogP contribution in [0.5, 0.6) is 0 Å². The minimum atomic E-state index is -0.399. The summed E-state index contributed by atoms with van der Waals surface area (Å²) in [7, 11) is 0. The molecule has 3 rings (SSSR count). The van der Waals surface area contributed by atoms with Gasteiger partial charge in [-0.05, 0) is 31.4 Å². The zero-order chi connectivity index (χ0) is 14.1. The number of pyridine rings is 1. The van der Waals surface area contributed by atoms with Gasteiger partial charge in [-0.15, -0.1) is 0 Å². The molecule has 1 aromatic heterocycles. The fourth-order valence-corrected chi connectivity index (χ4v) is 2.84. The van der Waals surface area contributed by atoms with E-state index in [0.717, 1.165) is 19.3 Å². The molecule has 2 atom stereocenters. The Bertz CT molecular complexity index is 682. The number of rotatable bonds is 3. The smallest absolute Gasteiger partial charge is 0.189 e. The summed E-state index contributed by atoms with van der Waals surface area (Å²) in [6, 6.07) is 6.70. The number of benzene rings is 1. The molecule has 106 valence electrons. The predicted molar refractivity (Wildman–Crippen MR) is 77.0 cm³/mol. The molecule has 1 aliphatic carbocycles. The topological polar surface area (TPSA) is 70.9 Å². The minimum absolute atomic E-state index is 0.154. The summed E-state index contributed by atoms with van der Waals surface area (Å²) in [5, 5.41) is 3.75. The molecule has 0 spiro atoms. The normalized spacial score (nSPS) is 22.5. The highest BCUT2D eigenvalue weighted by molar-refractivity contribution is 5.78. The van der Waals surface area contributed by atoms with Crippen molar-refractivity contribution in [3.63, 3.8) is 0 Å². The van der Waals surface area contributed by atoms with Crippen molar-refractivity contribution < 1.29 is 4.39 Å². The van der Waals surface area contributed by atoms with Crippen molar-refractivity contribution in [1.82, 2.24) is 10.3 Å². The van der Waals surface area contributed by atoms with Crippen LogP contribution in [0.3, 0.4) is 0 Å². The summed E-state index contributed by atoms with van der Waals surface area (Å²) in [4.78, 5) is 15.0. The van der Waals surface area contributed by atoms with Crippen LogP contribution in [-0.2, 0) is 6.54 Å². The molecule has 1 saturated carbocycles. The van der Waals surface area contributed by atoms with Crippen molar-refractivity contribution >= 4 is 10.9 Å². The van der Waals surface area contributed by atoms with Crippen molar-refractivity contribution in [3.8, 4) is 0 Å². The lowest BCUT2D eigenvalue weighted by Crippen LogP contribution is -2.28. The number of hydrogen-bond acceptors (Lipinski definition) is 3. The van der Waals surface area contributed by atoms with Gasteiger partial charge >= 0.3 is 0 Å². The Morgan fingerprint density at radius 1 is 1.40 bits per heavy atom. The zero-order valence-corrected chi connectivity index (χ0v) is 11.2. The van der Waals surface area contributed by atoms with Gasteiger partial charge in [-0.2, -0.15) is 0 Å². The fraction of sp³-hybridized carbons (Fsp3) is 0.400. The lowest BCUT2D eigenvalue weighted by Gasteiger charge is -2.12. The maximum Gasteiger partial charge on any atom is 0.189 e. The van der Waals surface area contributed by atoms with E-state index in [1.807, 2.05) is 0 Å². The Hall–Kier alpha value is -1.72. The Balaban J connectivity index is 1.82. The molecule has 0 radical (unpaired) electrons. The number of H-pyrrole nitrogens is 1. The highest BCUT2D eigenvalue weighted by atomic mass is 19.1. The van der Waals surface area contributed by atoms with Crippen molar-refractivity contribution in [2.24, 2.45) is 5.73 Å². The number of para-hydroxylation sites is 1. The predicted octanol–water partition coefficient (Wildman–Crippen LogP) is 1.64. The summed E-state index contributed by atoms with van der Waals surface area (Å²) < 4.78 is 13.7. The molecule has 2 aromatic rings. The SMILES string of the molecule is N[C@H]1CC[C@H](NCc2cc(=O)c3cccc(F)c3[nH]2)C1. The maximum atomic E-state index is 13.7. The molecule has 20 heavy (non-hydrogen) atoms. The second-order valence-corrected chi connectivity index (χ2v) is 5.47. The van der Waals surface area contributed by atoms with E-state index in [2.05, 4.69) is 10.3 Å². The molecule has 1 fully saturated rings. The molecular weight excluding hydrogens is 257 g/mol. The molecule has 4 nitrogen and oxygen atoms in total. The molecular formula is C15H18FN3O. The van der Waals surface area contributed by atoms with E-state index in [1.54, 1.807) is 12.1 Å². The first-order chi connectivity index (χ1) is 9.63. The summed E-state index contributed by atoms with van der Waals surface area (Å²) in [5.74, 6) is -0.399. The number of nitrogens with one attached hydrogen (secondary N) is 2. The van der Waals surface area contributed by atoms with Crippen LogP contribution >= 0.6 is 0 Å². The van der Waals surface area contributed by atoms with Crippen molar-refractivity contribution in [2.45, 2.75) is 37.9 Å². The number of fused-ring (bicyclic) bond motifs is 1. The Morgan fingerprint density at radius 3 is 3.00 bits per heavy atom. The number of hydrogen-bond donors (Lipinski definition) is 3. The molecule has 4 N–H and O–H groups in total. The first-order valence-corrected chi connectivity index (χ1v) is 6.93. The zero-order valence-electron chi connectivity index (χ0n) is 11.2. The van der Waals surface area contributed by atoms with Crippen molar-refractivity contribution in [1.29, 1.82) is 0 Å². The van der Waals surface area contributed by atoms with Gasteiger partial charge in [-0.25, -0.2) is 4.39 Å². The molecule has 0 bridgehead atoms. The van der Waals surface area contributed by atoms with Crippen LogP contribution in [0.2, 0.25) is 0 Å². The average Bonchev–Trinajstić information content (AvgIpc) is 2.84. The third-order valence-corrected chi connectivity index (χ3v) is 3.92. The third kappa shape index (κ3) is 2.59. The van der Waals surface area contributed by atoms with Gasteiger partial charge in [0.2, 0.25) is 0 Å². The molecule has 0 aliphatic heterocycles. The largest absolute Gasteiger partial charge is 0.355 e. The van der Waals surface area contributed by atoms with E-state index in [9.17, 15) is 9.18 Å². The van der Waals surface area contributed by atoms with Crippen LogP contribution < -0.4 is 16.5 Å². The standard InChI is InChI=1S/C15H18FN3O/c16-13-3-1-2-12-14(20)7-11(19-15(12)13)8-18-10-5-4-9(17)6-10/h1-3,7,9-10,18H,4-6,8,17H2,(H,19,20)/t9-,10-/m0/s1. The molecule has 1 heterocycles. The van der Waals surface area contributed by atoms with Gasteiger partial charge < -0.3 is 16.0 Å². The van der Waals surface area contributed by atoms with Crippen LogP contribution in [0.25, 0.3) is 10.9 Å². The Morgan fingerprint density at radius 2 is 2.25 bits per heavy atom. The summed E-state index contributed by atoms with van der Waals surface area (Å²) in [6.45, 7) is 0.525. The van der Waals surface area contributed by atoms with Crippen LogP contribution in [0.1, 0.15) is 25.0 Å². The number of aromatic nitrogens is 1. The minimum Gasteiger partial charge on any atom is -0.355 e. The number of nitrogens with two attached hydrogens (primary N) is 1. The van der Waals surface area contributed by atoms with Crippen LogP contribution in [0, 0.1) is 5.82 Å². The second kappa shape index (κ2) is 5.34. The van der Waals surface area contributed by atoms with Gasteiger partial charge in [0, 0.05) is 35.8 Å². The van der Waals surface area contributed by atoms with Crippen LogP contribution in [0.4, 0.5) is 4.39 Å². The van der Waals surface area contributed by atoms with Gasteiger partial charge in [-0.1, -0.05) is 6.07 Å². The van der Waals surface area contributed by atoms with E-state index < -0.39 is 5.82 Å². The first kappa shape index (κ1) is 13.3. The van der Waals surface area contributed by atoms with Crippen LogP contribution in [-0.4, -0.2) is 17.1 Å². The first-order valence-electron chi connectivity index (χ1n) is 6.93. The fourth-order valence-electron chi connectivity index (χ4n) is 2.84. The summed E-state index contributed by atoms with van der Waals surface area (Å²) >= 11 is 0. The van der Waals surface area contributed by atoms with Crippen molar-refractivity contribution in [3.05, 3.63) is 46.0 Å². The van der Waals surface area contributed by atoms with E-state index >= 15 is 0 Å². The lowest BCUT2D eigenvalue weighted by atomic mass is 10.1. The van der Waals surface area contributed by atoms with Gasteiger partial charge in [0.1, 0.15) is 5.82 Å². The molecule has 1 aromatic carbocycles. The number of aromatic amines is 1. The van der Waals surface area contributed by atoms with Crippen molar-refractivity contribution in [2.75, 3.05) is 0 Å². The van der Waals surface area contributed by atoms with Gasteiger partial charge in [0.05, 0.1) is 5.52 Å². The van der Waals surface area contributed by atoms with E-state index in [1.165, 1.54) is 12.1 Å². The molecule has 5 heteroatoms. The third-order valence-electron chi connectivity index (χ3n) is 3.92. The Kier molecular flexibility index (Phi) is 3.54. The van der Waals surface area contributed by atoms with E-state index in [-0.39, 0.29) is 17.0 Å². The average molecular weight is 275 g/mol. The maximum absolute atomic E-state index is 13.7. The number of halogens is 1. The monoisotopic (exact) mass is 275 g/mol. The van der Waals surface area contributed by atoms with E-state index in [4.69, 9.17) is 5.73 Å². The van der Waals surface area contributed by atoms with E-state index in [0.29, 0.717) is 23.7 Å². The van der Waals surface area contributed by atoms with Gasteiger partial charge in [-0.3, -0.25) is 4.79 Å². The quantitative estimate of drug-likeness (QED) is 0.797. The molecule has 0 saturated heterocycles. The molecule has 1 aliphatic rings. The molecule has 0 amide bonds. The lowest BCUT2D eigenvalue weighted by molar-refractivity contribution is 0.512. The highest BCUT2D eigenvalue weighted by Crippen LogP contribution is 2.18. The summed E-state index contributed by atoms with van der Waals surface area (Å²) in [5.41, 5.74) is 6.69. The van der Waals surface area contributed by atoms with Crippen LogP contribution in [0.15, 0.2) is 29.1 Å². The van der Waals surface area contributed by atoms with Gasteiger partial charge in [0.15, 0.2) is 5.43 Å². The summed E-state index contributed by atoms with van der Waals surface area (Å²) in [6.07, 6.45) is 3.03. The Labute approximate surface area is 116 Å². The second-order valence-electron chi connectivity index (χ2n) is 5.47. The highest BCUT2D eigenvalue weighted by Gasteiger charge is 2.21. The van der Waals surface area contributed by atoms with Gasteiger partial charge in [0.25, 0.3) is 0 Å².